The third-order valence-corrected chi connectivity index (χ3v) is 17.1. The highest BCUT2D eigenvalue weighted by atomic mass is 16.7. The maximum Gasteiger partial charge on any atom is 0.246 e. The van der Waals surface area contributed by atoms with E-state index in [-0.39, 0.29) is 53.8 Å². The molecule has 20 unspecified atom stereocenters. The quantitative estimate of drug-likeness (QED) is 0.0207. The zero-order valence-electron chi connectivity index (χ0n) is 51.5. The van der Waals surface area contributed by atoms with Crippen LogP contribution in [0.1, 0.15) is 29.5 Å². The summed E-state index contributed by atoms with van der Waals surface area (Å²) in [5, 5.41) is 144. The van der Waals surface area contributed by atoms with Gasteiger partial charge in [0.2, 0.25) is 41.7 Å². The number of oxazole rings is 1. The number of aliphatic imine (C=N–C) groups is 1. The Morgan fingerprint density at radius 3 is 2.03 bits per heavy atom. The van der Waals surface area contributed by atoms with Crippen molar-refractivity contribution >= 4 is 58.8 Å². The van der Waals surface area contributed by atoms with Gasteiger partial charge in [0.1, 0.15) is 96.7 Å². The number of para-hydroxylation sites is 1. The third-order valence-electron chi connectivity index (χ3n) is 17.1. The lowest BCUT2D eigenvalue weighted by Crippen LogP contribution is -2.69. The molecule has 5 amide bonds. The van der Waals surface area contributed by atoms with Crippen LogP contribution in [-0.2, 0) is 51.2 Å². The van der Waals surface area contributed by atoms with Gasteiger partial charge in [0.05, 0.1) is 62.6 Å². The smallest absolute Gasteiger partial charge is 0.246 e. The standard InChI is InChI=1S/C62H79N13O21/c1-28(31-12-6-3-7-13-31)36(24-76)68-43(80)21-66-55(90)37(25-77)69-56(91)45(47(82)38-23-74(22-29-10-4-2-5-11-29)62(65)75(38)59-52(87)50(85)48(83)41(26-78)94-59)73-57(92)44(46(81)35-20-67-61(64)71-35)72-54(89)33(63)18-30-16-17-40-34(19-30)70-58(93-40)32-14-8-9-15-39(32)95-60-53(88)51(86)49(84)42(27-79)96-60/h2-17,19,24,28,33,35-38,41-42,44-53,59-60,65,77-79,81-88H,18,20-23,25-27,63H2,1H3,(H,66,90)(H,68,80)(H,69,91)(H,72,89)(H,73,92)(H3,64,67,71). The minimum Gasteiger partial charge on any atom is -0.461 e. The number of hydrogen-bond acceptors (Lipinski definition) is 27. The van der Waals surface area contributed by atoms with E-state index in [1.807, 2.05) is 0 Å². The van der Waals surface area contributed by atoms with E-state index in [1.165, 1.54) is 23.1 Å². The summed E-state index contributed by atoms with van der Waals surface area (Å²) in [6.45, 7) is -2.68. The van der Waals surface area contributed by atoms with Crippen molar-refractivity contribution in [2.75, 3.05) is 39.5 Å². The predicted octanol–water partition coefficient (Wildman–Crippen LogP) is -7.48. The Labute approximate surface area is 547 Å². The van der Waals surface area contributed by atoms with E-state index in [9.17, 15) is 85.6 Å². The maximum atomic E-state index is 15.1. The van der Waals surface area contributed by atoms with Gasteiger partial charge in [-0.25, -0.2) is 4.98 Å². The molecule has 3 fully saturated rings. The first kappa shape index (κ1) is 71.4. The van der Waals surface area contributed by atoms with E-state index < -0.39 is 190 Å². The first-order valence-corrected chi connectivity index (χ1v) is 30.6. The molecule has 0 saturated carbocycles. The number of nitrogens with zero attached hydrogens (tertiary/aromatic N) is 4. The first-order chi connectivity index (χ1) is 45.9. The molecule has 0 spiro atoms. The number of hydrogen-bond donors (Lipinski definition) is 20. The van der Waals surface area contributed by atoms with Gasteiger partial charge in [0, 0.05) is 19.0 Å². The molecular weight excluding hydrogens is 1260 g/mol. The highest BCUT2D eigenvalue weighted by Crippen LogP contribution is 2.36. The molecule has 4 aromatic carbocycles. The lowest BCUT2D eigenvalue weighted by atomic mass is 9.94. The molecule has 20 atom stereocenters. The molecule has 34 heteroatoms. The summed E-state index contributed by atoms with van der Waals surface area (Å²) >= 11 is 0. The number of amides is 5. The number of aromatic nitrogens is 1. The number of aliphatic hydroxyl groups excluding tert-OH is 11. The number of carbonyl (C=O) groups excluding carboxylic acids is 6. The Bertz CT molecular complexity index is 3560. The fourth-order valence-corrected chi connectivity index (χ4v) is 11.6. The van der Waals surface area contributed by atoms with Crippen molar-refractivity contribution in [3.05, 3.63) is 120 Å². The summed E-state index contributed by atoms with van der Waals surface area (Å²) in [6, 6.07) is 16.2. The van der Waals surface area contributed by atoms with Crippen molar-refractivity contribution < 1.29 is 104 Å². The van der Waals surface area contributed by atoms with Crippen LogP contribution in [0.15, 0.2) is 113 Å². The average Bonchev–Trinajstić information content (AvgIpc) is 1.56. The largest absolute Gasteiger partial charge is 0.461 e. The van der Waals surface area contributed by atoms with Crippen LogP contribution in [0, 0.1) is 5.41 Å². The summed E-state index contributed by atoms with van der Waals surface area (Å²) in [4.78, 5) is 94.5. The maximum absolute atomic E-state index is 15.1. The second kappa shape index (κ2) is 31.8. The van der Waals surface area contributed by atoms with Crippen LogP contribution in [0.25, 0.3) is 22.6 Å². The Kier molecular flexibility index (Phi) is 23.7. The molecule has 3 saturated heterocycles. The summed E-state index contributed by atoms with van der Waals surface area (Å²) in [7, 11) is 0. The summed E-state index contributed by atoms with van der Waals surface area (Å²) < 4.78 is 23.4. The van der Waals surface area contributed by atoms with Crippen LogP contribution < -0.4 is 48.1 Å². The summed E-state index contributed by atoms with van der Waals surface area (Å²) in [5.74, 6) is -7.10. The van der Waals surface area contributed by atoms with Gasteiger partial charge in [-0.15, -0.1) is 0 Å². The van der Waals surface area contributed by atoms with E-state index in [1.54, 1.807) is 91.9 Å². The highest BCUT2D eigenvalue weighted by Gasteiger charge is 2.54. The molecule has 4 aliphatic rings. The Balaban J connectivity index is 0.980. The van der Waals surface area contributed by atoms with Crippen molar-refractivity contribution in [1.82, 2.24) is 46.7 Å². The van der Waals surface area contributed by atoms with E-state index in [2.05, 4.69) is 41.9 Å². The first-order valence-electron chi connectivity index (χ1n) is 30.6. The summed E-state index contributed by atoms with van der Waals surface area (Å²) in [5.41, 5.74) is 14.9. The lowest BCUT2D eigenvalue weighted by Gasteiger charge is -2.46. The zero-order chi connectivity index (χ0) is 69.2. The topological polar surface area (TPSA) is 546 Å². The number of nitrogens with one attached hydrogen (secondary N) is 7. The van der Waals surface area contributed by atoms with Gasteiger partial charge in [-0.3, -0.25) is 34.4 Å². The van der Waals surface area contributed by atoms with Gasteiger partial charge in [-0.2, -0.15) is 0 Å². The Morgan fingerprint density at radius 1 is 0.750 bits per heavy atom. The molecule has 0 radical (unpaired) electrons. The number of fused-ring (bicyclic) bond motifs is 1. The fourth-order valence-electron chi connectivity index (χ4n) is 11.6. The van der Waals surface area contributed by atoms with Crippen LogP contribution in [0.3, 0.4) is 0 Å². The molecule has 0 bridgehead atoms. The molecule has 1 aromatic heterocycles. The van der Waals surface area contributed by atoms with Crippen molar-refractivity contribution in [3.63, 3.8) is 0 Å². The lowest BCUT2D eigenvalue weighted by molar-refractivity contribution is -0.277. The van der Waals surface area contributed by atoms with Crippen LogP contribution in [0.2, 0.25) is 0 Å². The molecule has 96 heavy (non-hydrogen) atoms. The van der Waals surface area contributed by atoms with Crippen molar-refractivity contribution in [2.45, 2.75) is 142 Å². The van der Waals surface area contributed by atoms with Crippen LogP contribution in [0.5, 0.6) is 5.75 Å². The van der Waals surface area contributed by atoms with Gasteiger partial charge in [-0.05, 0) is 47.4 Å². The minimum absolute atomic E-state index is 0.001000. The molecule has 518 valence electrons. The molecule has 22 N–H and O–H groups in total. The minimum atomic E-state index is -2.37. The number of aldehydes is 1. The Hall–Kier alpha value is -8.85. The fraction of sp³-hybridized carbons (Fsp3) is 0.468. The number of aliphatic hydroxyl groups is 11. The van der Waals surface area contributed by atoms with Crippen molar-refractivity contribution in [1.29, 1.82) is 5.41 Å². The van der Waals surface area contributed by atoms with E-state index in [4.69, 9.17) is 30.1 Å². The van der Waals surface area contributed by atoms with Crippen molar-refractivity contribution in [2.24, 2.45) is 16.5 Å². The van der Waals surface area contributed by atoms with Gasteiger partial charge in [-0.1, -0.05) is 85.8 Å². The molecule has 5 heterocycles. The van der Waals surface area contributed by atoms with Gasteiger partial charge in [0.15, 0.2) is 23.7 Å². The number of nitrogens with two attached hydrogens (primary N) is 2. The molecule has 34 nitrogen and oxygen atoms in total. The molecule has 9 rings (SSSR count). The average molecular weight is 1340 g/mol. The number of rotatable bonds is 28. The van der Waals surface area contributed by atoms with Crippen LogP contribution >= 0.6 is 0 Å². The monoisotopic (exact) mass is 1340 g/mol. The number of benzene rings is 4. The number of ether oxygens (including phenoxy) is 3. The number of carbonyl (C=O) groups is 6. The van der Waals surface area contributed by atoms with Crippen LogP contribution in [0.4, 0.5) is 0 Å². The van der Waals surface area contributed by atoms with E-state index in [0.717, 1.165) is 4.90 Å². The Morgan fingerprint density at radius 2 is 1.38 bits per heavy atom. The van der Waals surface area contributed by atoms with E-state index >= 15 is 4.79 Å². The van der Waals surface area contributed by atoms with E-state index in [0.29, 0.717) is 23.0 Å². The number of guanidine groups is 2. The van der Waals surface area contributed by atoms with Gasteiger partial charge < -0.3 is 133 Å². The zero-order valence-corrected chi connectivity index (χ0v) is 51.5. The predicted molar refractivity (Wildman–Crippen MR) is 334 cm³/mol. The second-order valence-corrected chi connectivity index (χ2v) is 23.6. The molecule has 5 aromatic rings. The second-order valence-electron chi connectivity index (χ2n) is 23.6. The summed E-state index contributed by atoms with van der Waals surface area (Å²) in [6.07, 6.45) is -21.4. The van der Waals surface area contributed by atoms with Gasteiger partial charge in [0.25, 0.3) is 0 Å². The highest BCUT2D eigenvalue weighted by molar-refractivity contribution is 5.97. The molecule has 0 aliphatic carbocycles. The van der Waals surface area contributed by atoms with Gasteiger partial charge >= 0.3 is 0 Å². The molecule has 4 aliphatic heterocycles. The third kappa shape index (κ3) is 16.2. The molecular formula is C62H79N13O21. The normalized spacial score (nSPS) is 26.8. The van der Waals surface area contributed by atoms with Crippen molar-refractivity contribution in [3.8, 4) is 17.2 Å². The SMILES string of the molecule is CC(c1ccccc1)C(C=O)NC(=O)CNC(=O)C(CO)NC(=O)C(NC(=O)C(NC(=O)C(N)Cc1ccc2oc(-c3ccccc3OC3OC(CO)C(O)C(O)C3O)nc2c1)C(O)C1CN=C(N)N1)C(O)C1CN(Cc2ccccc2)C(=N)N1C1OC(CO)C(O)C(O)C1O. The van der Waals surface area contributed by atoms with Crippen LogP contribution in [-0.4, -0.2) is 274 Å².